The Morgan fingerprint density at radius 2 is 2.36 bits per heavy atom. The number of hydrogen-bond donors (Lipinski definition) is 2. The summed E-state index contributed by atoms with van der Waals surface area (Å²) in [6.07, 6.45) is 1.48. The van der Waals surface area contributed by atoms with E-state index in [1.54, 1.807) is 0 Å². The minimum atomic E-state index is 0.400. The Morgan fingerprint density at radius 1 is 1.45 bits per heavy atom. The number of imidazole rings is 1. The maximum atomic E-state index is 5.57. The van der Waals surface area contributed by atoms with Crippen LogP contribution in [0.5, 0.6) is 0 Å². The third kappa shape index (κ3) is 1.07. The molecule has 0 aliphatic carbocycles. The van der Waals surface area contributed by atoms with Crippen LogP contribution in [-0.2, 0) is 0 Å². The van der Waals surface area contributed by atoms with Gasteiger partial charge in [0, 0.05) is 0 Å². The second-order valence-corrected chi connectivity index (χ2v) is 2.22. The number of aromatic nitrogens is 6. The molecule has 7 heteroatoms. The molecule has 0 fully saturated rings. The van der Waals surface area contributed by atoms with Crippen molar-refractivity contribution in [2.45, 2.75) is 0 Å². The lowest BCUT2D eigenvalue weighted by Crippen LogP contribution is -1.82. The minimum Gasteiger partial charge on any atom is -0.326 e. The molecular weight excluding hydrogens is 168 g/mol. The number of halogens is 1. The van der Waals surface area contributed by atoms with Gasteiger partial charge in [-0.15, -0.1) is 10.2 Å². The highest BCUT2D eigenvalue weighted by atomic mass is 35.5. The summed E-state index contributed by atoms with van der Waals surface area (Å²) in [5.74, 6) is 0.903. The molecule has 0 aromatic carbocycles. The van der Waals surface area contributed by atoms with Gasteiger partial charge in [0.15, 0.2) is 5.82 Å². The summed E-state index contributed by atoms with van der Waals surface area (Å²) in [5.41, 5.74) is 0. The highest BCUT2D eigenvalue weighted by Gasteiger charge is 2.05. The standard InChI is InChI=1S/C4H3ClN6/c5-2-1-6-3(7-2)4-8-10-11-9-4/h1H,(H,6,7)(H,8,9,10,11). The number of aromatic amines is 2. The van der Waals surface area contributed by atoms with Crippen LogP contribution in [0.25, 0.3) is 11.6 Å². The lowest BCUT2D eigenvalue weighted by molar-refractivity contribution is 0.881. The predicted octanol–water partition coefficient (Wildman–Crippen LogP) is 0.243. The first-order chi connectivity index (χ1) is 5.36. The van der Waals surface area contributed by atoms with Gasteiger partial charge in [-0.2, -0.15) is 5.21 Å². The summed E-state index contributed by atoms with van der Waals surface area (Å²) in [7, 11) is 0. The third-order valence-corrected chi connectivity index (χ3v) is 1.29. The molecule has 0 saturated heterocycles. The van der Waals surface area contributed by atoms with Crippen LogP contribution in [0.15, 0.2) is 6.20 Å². The summed E-state index contributed by atoms with van der Waals surface area (Å²) < 4.78 is 0. The van der Waals surface area contributed by atoms with Crippen molar-refractivity contribution in [3.8, 4) is 11.6 Å². The molecule has 0 atom stereocenters. The number of nitrogens with one attached hydrogen (secondary N) is 2. The maximum absolute atomic E-state index is 5.57. The number of hydrogen-bond acceptors (Lipinski definition) is 4. The zero-order valence-electron chi connectivity index (χ0n) is 5.24. The molecule has 0 saturated carbocycles. The fraction of sp³-hybridized carbons (Fsp3) is 0. The number of rotatable bonds is 1. The highest BCUT2D eigenvalue weighted by molar-refractivity contribution is 6.29. The van der Waals surface area contributed by atoms with E-state index in [1.165, 1.54) is 6.20 Å². The van der Waals surface area contributed by atoms with Crippen molar-refractivity contribution < 1.29 is 0 Å². The molecule has 2 N–H and O–H groups in total. The summed E-state index contributed by atoms with van der Waals surface area (Å²) >= 11 is 5.57. The van der Waals surface area contributed by atoms with Gasteiger partial charge in [0.25, 0.3) is 0 Å². The molecule has 0 spiro atoms. The van der Waals surface area contributed by atoms with Gasteiger partial charge in [-0.1, -0.05) is 11.6 Å². The number of H-pyrrole nitrogens is 2. The third-order valence-electron chi connectivity index (χ3n) is 1.10. The Hall–Kier alpha value is -1.43. The van der Waals surface area contributed by atoms with E-state index in [0.29, 0.717) is 16.8 Å². The summed E-state index contributed by atoms with van der Waals surface area (Å²) in [5, 5.41) is 13.5. The van der Waals surface area contributed by atoms with E-state index in [1.807, 2.05) is 0 Å². The van der Waals surface area contributed by atoms with Crippen LogP contribution in [0.3, 0.4) is 0 Å². The van der Waals surface area contributed by atoms with Crippen molar-refractivity contribution in [1.29, 1.82) is 0 Å². The second kappa shape index (κ2) is 2.31. The van der Waals surface area contributed by atoms with E-state index in [0.717, 1.165) is 0 Å². The highest BCUT2D eigenvalue weighted by Crippen LogP contribution is 2.10. The van der Waals surface area contributed by atoms with Gasteiger partial charge >= 0.3 is 0 Å². The molecule has 2 aromatic rings. The SMILES string of the molecule is Clc1cnc(-c2nn[nH]n2)[nH]1. The zero-order valence-corrected chi connectivity index (χ0v) is 6.00. The summed E-state index contributed by atoms with van der Waals surface area (Å²) in [4.78, 5) is 6.63. The van der Waals surface area contributed by atoms with Gasteiger partial charge < -0.3 is 4.98 Å². The molecular formula is C4H3ClN6. The molecule has 2 heterocycles. The van der Waals surface area contributed by atoms with Crippen LogP contribution in [0.4, 0.5) is 0 Å². The van der Waals surface area contributed by atoms with Gasteiger partial charge in [0.05, 0.1) is 6.20 Å². The van der Waals surface area contributed by atoms with Crippen LogP contribution in [0.1, 0.15) is 0 Å². The molecule has 0 aliphatic rings. The van der Waals surface area contributed by atoms with E-state index in [-0.39, 0.29) is 0 Å². The van der Waals surface area contributed by atoms with Crippen molar-refractivity contribution in [2.24, 2.45) is 0 Å². The number of nitrogens with zero attached hydrogens (tertiary/aromatic N) is 4. The van der Waals surface area contributed by atoms with E-state index in [2.05, 4.69) is 30.6 Å². The quantitative estimate of drug-likeness (QED) is 0.643. The second-order valence-electron chi connectivity index (χ2n) is 1.82. The van der Waals surface area contributed by atoms with E-state index >= 15 is 0 Å². The largest absolute Gasteiger partial charge is 0.326 e. The van der Waals surface area contributed by atoms with Crippen molar-refractivity contribution in [3.63, 3.8) is 0 Å². The molecule has 2 rings (SSSR count). The molecule has 0 radical (unpaired) electrons. The maximum Gasteiger partial charge on any atom is 0.239 e. The minimum absolute atomic E-state index is 0.400. The van der Waals surface area contributed by atoms with Gasteiger partial charge in [0.2, 0.25) is 5.82 Å². The molecule has 0 amide bonds. The Labute approximate surface area is 66.0 Å². The van der Waals surface area contributed by atoms with Crippen molar-refractivity contribution >= 4 is 11.6 Å². The van der Waals surface area contributed by atoms with Crippen LogP contribution >= 0.6 is 11.6 Å². The van der Waals surface area contributed by atoms with Crippen molar-refractivity contribution in [1.82, 2.24) is 30.6 Å². The van der Waals surface area contributed by atoms with Gasteiger partial charge in [-0.05, 0) is 5.21 Å². The monoisotopic (exact) mass is 170 g/mol. The van der Waals surface area contributed by atoms with Crippen LogP contribution in [0.2, 0.25) is 5.15 Å². The molecule has 56 valence electrons. The Morgan fingerprint density at radius 3 is 2.91 bits per heavy atom. The average Bonchev–Trinajstić information content (AvgIpc) is 2.55. The first kappa shape index (κ1) is 6.29. The van der Waals surface area contributed by atoms with E-state index < -0.39 is 0 Å². The lowest BCUT2D eigenvalue weighted by atomic mass is 10.6. The van der Waals surface area contributed by atoms with E-state index in [9.17, 15) is 0 Å². The molecule has 2 aromatic heterocycles. The Kier molecular flexibility index (Phi) is 1.32. The fourth-order valence-electron chi connectivity index (χ4n) is 0.675. The molecule has 11 heavy (non-hydrogen) atoms. The van der Waals surface area contributed by atoms with Gasteiger partial charge in [0.1, 0.15) is 5.15 Å². The Balaban J connectivity index is 2.45. The first-order valence-corrected chi connectivity index (χ1v) is 3.18. The molecule has 6 nitrogen and oxygen atoms in total. The van der Waals surface area contributed by atoms with Crippen molar-refractivity contribution in [2.75, 3.05) is 0 Å². The first-order valence-electron chi connectivity index (χ1n) is 2.80. The van der Waals surface area contributed by atoms with Crippen LogP contribution < -0.4 is 0 Å². The lowest BCUT2D eigenvalue weighted by Gasteiger charge is -1.81. The summed E-state index contributed by atoms with van der Waals surface area (Å²) in [6, 6.07) is 0. The molecule has 0 aliphatic heterocycles. The predicted molar refractivity (Wildman–Crippen MR) is 36.8 cm³/mol. The topological polar surface area (TPSA) is 83.1 Å². The molecule has 0 bridgehead atoms. The zero-order chi connectivity index (χ0) is 7.68. The normalized spacial score (nSPS) is 10.3. The van der Waals surface area contributed by atoms with Crippen LogP contribution in [0, 0.1) is 0 Å². The average molecular weight is 171 g/mol. The van der Waals surface area contributed by atoms with Crippen molar-refractivity contribution in [3.05, 3.63) is 11.3 Å². The van der Waals surface area contributed by atoms with Gasteiger partial charge in [-0.25, -0.2) is 4.98 Å². The smallest absolute Gasteiger partial charge is 0.239 e. The summed E-state index contributed by atoms with van der Waals surface area (Å²) in [6.45, 7) is 0. The Bertz CT molecular complexity index is 337. The van der Waals surface area contributed by atoms with Gasteiger partial charge in [-0.3, -0.25) is 0 Å². The fourth-order valence-corrected chi connectivity index (χ4v) is 0.813. The number of tetrazole rings is 1. The van der Waals surface area contributed by atoms with E-state index in [4.69, 9.17) is 11.6 Å². The van der Waals surface area contributed by atoms with Crippen LogP contribution in [-0.4, -0.2) is 30.6 Å². The molecule has 0 unspecified atom stereocenters.